The average Bonchev–Trinajstić information content (AvgIpc) is 3.43. The molecule has 1 saturated carbocycles. The van der Waals surface area contributed by atoms with Gasteiger partial charge in [0.2, 0.25) is 6.79 Å². The maximum absolute atomic E-state index is 13.0. The molecular weight excluding hydrogens is 352 g/mol. The third kappa shape index (κ3) is 2.54. The minimum atomic E-state index is -0.0481. The van der Waals surface area contributed by atoms with E-state index in [-0.39, 0.29) is 30.7 Å². The Hall–Kier alpha value is -2.54. The highest BCUT2D eigenvalue weighted by atomic mass is 32.1. The van der Waals surface area contributed by atoms with Crippen LogP contribution in [0.4, 0.5) is 0 Å². The van der Waals surface area contributed by atoms with Crippen LogP contribution in [0.3, 0.4) is 0 Å². The van der Waals surface area contributed by atoms with Gasteiger partial charge in [-0.2, -0.15) is 0 Å². The molecule has 6 nitrogen and oxygen atoms in total. The van der Waals surface area contributed by atoms with Crippen molar-refractivity contribution in [2.45, 2.75) is 24.9 Å². The highest BCUT2D eigenvalue weighted by Gasteiger charge is 2.47. The van der Waals surface area contributed by atoms with Crippen LogP contribution in [0.2, 0.25) is 0 Å². The summed E-state index contributed by atoms with van der Waals surface area (Å²) >= 11 is 1.43. The van der Waals surface area contributed by atoms with Gasteiger partial charge in [0.15, 0.2) is 11.5 Å². The van der Waals surface area contributed by atoms with Crippen LogP contribution in [0, 0.1) is 5.92 Å². The fourth-order valence-corrected chi connectivity index (χ4v) is 4.88. The number of carbonyl (C=O) groups excluding carboxylic acids is 2. The van der Waals surface area contributed by atoms with Gasteiger partial charge in [0, 0.05) is 18.2 Å². The summed E-state index contributed by atoms with van der Waals surface area (Å²) in [5.74, 6) is 1.68. The number of fused-ring (bicyclic) bond motifs is 3. The van der Waals surface area contributed by atoms with E-state index in [0.717, 1.165) is 19.4 Å². The molecule has 3 atom stereocenters. The Morgan fingerprint density at radius 3 is 2.85 bits per heavy atom. The Morgan fingerprint density at radius 2 is 2.04 bits per heavy atom. The Labute approximate surface area is 154 Å². The quantitative estimate of drug-likeness (QED) is 0.902. The number of nitrogens with one attached hydrogen (secondary N) is 1. The summed E-state index contributed by atoms with van der Waals surface area (Å²) in [4.78, 5) is 28.0. The SMILES string of the molecule is O=C(NC1CC2CC1N(C(=O)c1ccc3c(c1)OCO3)C2)c1cccs1. The van der Waals surface area contributed by atoms with Crippen LogP contribution in [-0.4, -0.2) is 42.1 Å². The molecule has 1 aromatic heterocycles. The molecule has 7 heteroatoms. The van der Waals surface area contributed by atoms with Crippen molar-refractivity contribution in [1.82, 2.24) is 10.2 Å². The summed E-state index contributed by atoms with van der Waals surface area (Å²) in [6.07, 6.45) is 1.89. The normalized spacial score (nSPS) is 25.5. The first-order chi connectivity index (χ1) is 12.7. The topological polar surface area (TPSA) is 67.9 Å². The lowest BCUT2D eigenvalue weighted by Crippen LogP contribution is -2.51. The number of rotatable bonds is 3. The molecule has 3 aliphatic rings. The van der Waals surface area contributed by atoms with E-state index in [9.17, 15) is 9.59 Å². The van der Waals surface area contributed by atoms with E-state index in [2.05, 4.69) is 5.32 Å². The molecule has 1 aromatic carbocycles. The van der Waals surface area contributed by atoms with Gasteiger partial charge in [-0.05, 0) is 48.4 Å². The highest BCUT2D eigenvalue weighted by Crippen LogP contribution is 2.40. The monoisotopic (exact) mass is 370 g/mol. The van der Waals surface area contributed by atoms with Crippen LogP contribution in [-0.2, 0) is 0 Å². The smallest absolute Gasteiger partial charge is 0.261 e. The van der Waals surface area contributed by atoms with E-state index < -0.39 is 0 Å². The van der Waals surface area contributed by atoms with Crippen molar-refractivity contribution in [3.05, 3.63) is 46.2 Å². The number of thiophene rings is 1. The summed E-state index contributed by atoms with van der Waals surface area (Å²) in [6.45, 7) is 0.946. The molecule has 2 amide bonds. The summed E-state index contributed by atoms with van der Waals surface area (Å²) in [5.41, 5.74) is 0.602. The predicted molar refractivity (Wildman–Crippen MR) is 95.7 cm³/mol. The number of nitrogens with zero attached hydrogens (tertiary/aromatic N) is 1. The van der Waals surface area contributed by atoms with Gasteiger partial charge in [-0.25, -0.2) is 0 Å². The molecule has 2 aromatic rings. The molecule has 134 valence electrons. The van der Waals surface area contributed by atoms with Crippen molar-refractivity contribution in [2.24, 2.45) is 5.92 Å². The van der Waals surface area contributed by atoms with Crippen molar-refractivity contribution < 1.29 is 19.1 Å². The van der Waals surface area contributed by atoms with Gasteiger partial charge in [-0.15, -0.1) is 11.3 Å². The third-order valence-corrected chi connectivity index (χ3v) is 6.29. The molecule has 1 N–H and O–H groups in total. The number of ether oxygens (including phenoxy) is 2. The minimum Gasteiger partial charge on any atom is -0.454 e. The summed E-state index contributed by atoms with van der Waals surface area (Å²) in [5, 5.41) is 5.02. The lowest BCUT2D eigenvalue weighted by atomic mass is 10.0. The Kier molecular flexibility index (Phi) is 3.63. The van der Waals surface area contributed by atoms with Gasteiger partial charge in [0.05, 0.1) is 10.9 Å². The lowest BCUT2D eigenvalue weighted by Gasteiger charge is -2.33. The fraction of sp³-hybridized carbons (Fsp3) is 0.368. The number of piperidine rings is 1. The molecule has 0 spiro atoms. The largest absolute Gasteiger partial charge is 0.454 e. The van der Waals surface area contributed by atoms with Crippen LogP contribution >= 0.6 is 11.3 Å². The second kappa shape index (κ2) is 6.02. The number of amides is 2. The summed E-state index contributed by atoms with van der Waals surface area (Å²) < 4.78 is 10.7. The van der Waals surface area contributed by atoms with Gasteiger partial charge in [-0.1, -0.05) is 6.07 Å². The van der Waals surface area contributed by atoms with Crippen molar-refractivity contribution in [2.75, 3.05) is 13.3 Å². The number of hydrogen-bond donors (Lipinski definition) is 1. The molecule has 1 saturated heterocycles. The van der Waals surface area contributed by atoms with Crippen molar-refractivity contribution >= 4 is 23.2 Å². The van der Waals surface area contributed by atoms with Crippen molar-refractivity contribution in [3.63, 3.8) is 0 Å². The van der Waals surface area contributed by atoms with E-state index in [1.165, 1.54) is 11.3 Å². The molecule has 2 bridgehead atoms. The molecule has 5 rings (SSSR count). The van der Waals surface area contributed by atoms with Crippen LogP contribution in [0.25, 0.3) is 0 Å². The number of hydrogen-bond acceptors (Lipinski definition) is 5. The first kappa shape index (κ1) is 15.7. The maximum atomic E-state index is 13.0. The number of benzene rings is 1. The van der Waals surface area contributed by atoms with E-state index in [0.29, 0.717) is 27.9 Å². The Bertz CT molecular complexity index is 866. The fourth-order valence-electron chi connectivity index (χ4n) is 4.26. The number of likely N-dealkylation sites (tertiary alicyclic amines) is 1. The Morgan fingerprint density at radius 1 is 1.15 bits per heavy atom. The highest BCUT2D eigenvalue weighted by molar-refractivity contribution is 7.12. The minimum absolute atomic E-state index is 0.00845. The average molecular weight is 370 g/mol. The summed E-state index contributed by atoms with van der Waals surface area (Å²) in [7, 11) is 0. The molecule has 3 unspecified atom stereocenters. The van der Waals surface area contributed by atoms with Gasteiger partial charge in [-0.3, -0.25) is 9.59 Å². The predicted octanol–water partition coefficient (Wildman–Crippen LogP) is 2.51. The second-order valence-corrected chi connectivity index (χ2v) is 7.94. The van der Waals surface area contributed by atoms with E-state index in [1.807, 2.05) is 22.4 Å². The van der Waals surface area contributed by atoms with Gasteiger partial charge in [0.25, 0.3) is 11.8 Å². The van der Waals surface area contributed by atoms with Crippen LogP contribution in [0.1, 0.15) is 32.9 Å². The van der Waals surface area contributed by atoms with Crippen molar-refractivity contribution in [3.8, 4) is 11.5 Å². The standard InChI is InChI=1S/C19H18N2O4S/c22-18(17-2-1-5-26-17)20-13-6-11-7-14(13)21(9-11)19(23)12-3-4-15-16(8-12)25-10-24-15/h1-5,8,11,13-14H,6-7,9-10H2,(H,20,22). The Balaban J connectivity index is 1.32. The second-order valence-electron chi connectivity index (χ2n) is 6.99. The molecule has 2 aliphatic heterocycles. The molecule has 0 radical (unpaired) electrons. The van der Waals surface area contributed by atoms with Gasteiger partial charge in [0.1, 0.15) is 0 Å². The van der Waals surface area contributed by atoms with Crippen molar-refractivity contribution in [1.29, 1.82) is 0 Å². The molecular formula is C19H18N2O4S. The lowest BCUT2D eigenvalue weighted by molar-refractivity contribution is 0.0648. The molecule has 1 aliphatic carbocycles. The van der Waals surface area contributed by atoms with Crippen LogP contribution in [0.15, 0.2) is 35.7 Å². The zero-order valence-corrected chi connectivity index (χ0v) is 14.8. The number of carbonyl (C=O) groups is 2. The molecule has 26 heavy (non-hydrogen) atoms. The third-order valence-electron chi connectivity index (χ3n) is 5.42. The van der Waals surface area contributed by atoms with Gasteiger partial charge >= 0.3 is 0 Å². The maximum Gasteiger partial charge on any atom is 0.261 e. The molecule has 2 fully saturated rings. The van der Waals surface area contributed by atoms with E-state index >= 15 is 0 Å². The summed E-state index contributed by atoms with van der Waals surface area (Å²) in [6, 6.07) is 9.07. The van der Waals surface area contributed by atoms with E-state index in [1.54, 1.807) is 18.2 Å². The molecule has 3 heterocycles. The zero-order chi connectivity index (χ0) is 17.7. The first-order valence-electron chi connectivity index (χ1n) is 8.74. The van der Waals surface area contributed by atoms with Crippen LogP contribution in [0.5, 0.6) is 11.5 Å². The zero-order valence-electron chi connectivity index (χ0n) is 14.0. The van der Waals surface area contributed by atoms with E-state index in [4.69, 9.17) is 9.47 Å². The first-order valence-corrected chi connectivity index (χ1v) is 9.62. The van der Waals surface area contributed by atoms with Crippen LogP contribution < -0.4 is 14.8 Å². The van der Waals surface area contributed by atoms with Gasteiger partial charge < -0.3 is 19.7 Å².